The Labute approximate surface area is 63.0 Å². The number of aromatic nitrogens is 1. The fourth-order valence-corrected chi connectivity index (χ4v) is 1.35. The van der Waals surface area contributed by atoms with E-state index in [1.807, 2.05) is 0 Å². The van der Waals surface area contributed by atoms with Crippen molar-refractivity contribution in [2.75, 3.05) is 0 Å². The van der Waals surface area contributed by atoms with Crippen LogP contribution >= 0.6 is 14.8 Å². The van der Waals surface area contributed by atoms with Gasteiger partial charge in [0, 0.05) is 21.0 Å². The first-order chi connectivity index (χ1) is 4.30. The van der Waals surface area contributed by atoms with Crippen LogP contribution in [0.1, 0.15) is 0 Å². The molecule has 0 aliphatic carbocycles. The number of hydrogen-bond acceptors (Lipinski definition) is 2. The molecule has 9 heavy (non-hydrogen) atoms. The van der Waals surface area contributed by atoms with Crippen LogP contribution < -0.4 is 0 Å². The first kappa shape index (κ1) is 6.89. The quantitative estimate of drug-likeness (QED) is 0.651. The molecule has 0 aromatic carbocycles. The number of halogens is 1. The van der Waals surface area contributed by atoms with Crippen LogP contribution in [0.3, 0.4) is 0 Å². The molecular formula is C5H4BrNOS. The average Bonchev–Trinajstić information content (AvgIpc) is 1.90. The van der Waals surface area contributed by atoms with E-state index in [1.54, 1.807) is 24.4 Å². The molecule has 0 saturated carbocycles. The molecule has 0 fully saturated rings. The summed E-state index contributed by atoms with van der Waals surface area (Å²) in [4.78, 5) is 3.83. The third-order valence-corrected chi connectivity index (χ3v) is 2.37. The summed E-state index contributed by atoms with van der Waals surface area (Å²) in [5, 5.41) is 0.553. The zero-order valence-electron chi connectivity index (χ0n) is 4.45. The molecule has 0 amide bonds. The van der Waals surface area contributed by atoms with Gasteiger partial charge in [-0.3, -0.25) is 0 Å². The highest BCUT2D eigenvalue weighted by Crippen LogP contribution is 2.05. The highest BCUT2D eigenvalue weighted by molar-refractivity contribution is 9.46. The minimum absolute atomic E-state index is 0.553. The van der Waals surface area contributed by atoms with Gasteiger partial charge in [-0.25, -0.2) is 9.19 Å². The zero-order valence-corrected chi connectivity index (χ0v) is 6.85. The standard InChI is InChI=1S/C5H4BrNOS/c6-9(8)5-3-1-2-4-7-5/h1-4H. The molecule has 4 heteroatoms. The van der Waals surface area contributed by atoms with Gasteiger partial charge in [-0.1, -0.05) is 6.07 Å². The Balaban J connectivity index is 2.98. The predicted octanol–water partition coefficient (Wildman–Crippen LogP) is 1.50. The van der Waals surface area contributed by atoms with Crippen molar-refractivity contribution in [2.24, 2.45) is 0 Å². The topological polar surface area (TPSA) is 30.0 Å². The number of nitrogens with zero attached hydrogens (tertiary/aromatic N) is 1. The molecule has 0 radical (unpaired) electrons. The Kier molecular flexibility index (Phi) is 2.36. The van der Waals surface area contributed by atoms with Crippen LogP contribution in [0.25, 0.3) is 0 Å². The second-order valence-corrected chi connectivity index (χ2v) is 4.02. The van der Waals surface area contributed by atoms with E-state index >= 15 is 0 Å². The maximum absolute atomic E-state index is 10.6. The fraction of sp³-hybridized carbons (Fsp3) is 0. The summed E-state index contributed by atoms with van der Waals surface area (Å²) in [5.74, 6) is 0. The Bertz CT molecular complexity index is 213. The van der Waals surface area contributed by atoms with Crippen LogP contribution in [-0.2, 0) is 9.23 Å². The summed E-state index contributed by atoms with van der Waals surface area (Å²) >= 11 is 2.89. The minimum Gasteiger partial charge on any atom is -0.246 e. The SMILES string of the molecule is O=S(Br)c1ccccn1. The summed E-state index contributed by atoms with van der Waals surface area (Å²) in [6, 6.07) is 5.27. The van der Waals surface area contributed by atoms with Crippen LogP contribution in [0.4, 0.5) is 0 Å². The molecule has 48 valence electrons. The van der Waals surface area contributed by atoms with Crippen molar-refractivity contribution in [2.45, 2.75) is 5.03 Å². The number of pyridine rings is 1. The van der Waals surface area contributed by atoms with E-state index in [9.17, 15) is 4.21 Å². The van der Waals surface area contributed by atoms with E-state index in [1.165, 1.54) is 0 Å². The number of rotatable bonds is 1. The maximum atomic E-state index is 10.6. The molecule has 1 unspecified atom stereocenters. The lowest BCUT2D eigenvalue weighted by Gasteiger charge is -1.87. The third kappa shape index (κ3) is 1.87. The molecule has 0 aliphatic rings. The first-order valence-corrected chi connectivity index (χ1v) is 5.29. The Hall–Kier alpha value is -0.220. The van der Waals surface area contributed by atoms with Crippen molar-refractivity contribution in [1.29, 1.82) is 0 Å². The minimum atomic E-state index is -1.13. The van der Waals surface area contributed by atoms with Crippen molar-refractivity contribution in [3.63, 3.8) is 0 Å². The molecular weight excluding hydrogens is 202 g/mol. The summed E-state index contributed by atoms with van der Waals surface area (Å²) in [6.07, 6.45) is 1.61. The average molecular weight is 206 g/mol. The normalized spacial score (nSPS) is 13.0. The van der Waals surface area contributed by atoms with Gasteiger partial charge in [0.2, 0.25) is 0 Å². The lowest BCUT2D eigenvalue weighted by molar-refractivity contribution is 0.690. The Morgan fingerprint density at radius 2 is 2.33 bits per heavy atom. The first-order valence-electron chi connectivity index (χ1n) is 2.30. The molecule has 0 saturated heterocycles. The number of hydrogen-bond donors (Lipinski definition) is 0. The van der Waals surface area contributed by atoms with E-state index in [0.29, 0.717) is 5.03 Å². The van der Waals surface area contributed by atoms with Crippen molar-refractivity contribution >= 4 is 24.0 Å². The van der Waals surface area contributed by atoms with E-state index in [0.717, 1.165) is 0 Å². The second kappa shape index (κ2) is 3.08. The van der Waals surface area contributed by atoms with Gasteiger partial charge in [-0.2, -0.15) is 0 Å². The van der Waals surface area contributed by atoms with Gasteiger partial charge in [-0.05, 0) is 12.1 Å². The molecule has 1 aromatic heterocycles. The summed E-state index contributed by atoms with van der Waals surface area (Å²) in [7, 11) is -1.13. The third-order valence-electron chi connectivity index (χ3n) is 0.802. The summed E-state index contributed by atoms with van der Waals surface area (Å²) in [5.41, 5.74) is 0. The summed E-state index contributed by atoms with van der Waals surface area (Å²) in [6.45, 7) is 0. The highest BCUT2D eigenvalue weighted by atomic mass is 79.9. The monoisotopic (exact) mass is 205 g/mol. The fourth-order valence-electron chi connectivity index (χ4n) is 0.442. The maximum Gasteiger partial charge on any atom is 0.140 e. The van der Waals surface area contributed by atoms with Crippen LogP contribution in [0.15, 0.2) is 29.4 Å². The zero-order chi connectivity index (χ0) is 6.69. The van der Waals surface area contributed by atoms with Gasteiger partial charge in [-0.15, -0.1) is 0 Å². The molecule has 1 rings (SSSR count). The molecule has 0 bridgehead atoms. The molecule has 2 nitrogen and oxygen atoms in total. The van der Waals surface area contributed by atoms with E-state index in [4.69, 9.17) is 0 Å². The summed E-state index contributed by atoms with van der Waals surface area (Å²) < 4.78 is 10.6. The van der Waals surface area contributed by atoms with Crippen molar-refractivity contribution in [1.82, 2.24) is 4.98 Å². The lowest BCUT2D eigenvalue weighted by Crippen LogP contribution is -1.82. The molecule has 1 heterocycles. The van der Waals surface area contributed by atoms with Crippen LogP contribution in [0.2, 0.25) is 0 Å². The van der Waals surface area contributed by atoms with Gasteiger partial charge in [0.25, 0.3) is 0 Å². The molecule has 0 aliphatic heterocycles. The van der Waals surface area contributed by atoms with Crippen LogP contribution in [0, 0.1) is 0 Å². The van der Waals surface area contributed by atoms with Crippen molar-refractivity contribution in [3.8, 4) is 0 Å². The molecule has 1 aromatic rings. The second-order valence-electron chi connectivity index (χ2n) is 1.39. The predicted molar refractivity (Wildman–Crippen MR) is 39.6 cm³/mol. The molecule has 1 atom stereocenters. The van der Waals surface area contributed by atoms with Crippen molar-refractivity contribution < 1.29 is 4.21 Å². The van der Waals surface area contributed by atoms with Gasteiger partial charge in [0.15, 0.2) is 0 Å². The van der Waals surface area contributed by atoms with Gasteiger partial charge >= 0.3 is 0 Å². The van der Waals surface area contributed by atoms with E-state index in [2.05, 4.69) is 19.8 Å². The van der Waals surface area contributed by atoms with Gasteiger partial charge < -0.3 is 0 Å². The van der Waals surface area contributed by atoms with Crippen LogP contribution in [-0.4, -0.2) is 9.19 Å². The molecule has 0 N–H and O–H groups in total. The largest absolute Gasteiger partial charge is 0.246 e. The highest BCUT2D eigenvalue weighted by Gasteiger charge is 1.95. The van der Waals surface area contributed by atoms with Crippen LogP contribution in [0.5, 0.6) is 0 Å². The lowest BCUT2D eigenvalue weighted by atomic mass is 10.5. The smallest absolute Gasteiger partial charge is 0.140 e. The molecule has 0 spiro atoms. The Morgan fingerprint density at radius 3 is 2.67 bits per heavy atom. The van der Waals surface area contributed by atoms with Crippen molar-refractivity contribution in [3.05, 3.63) is 24.4 Å². The van der Waals surface area contributed by atoms with E-state index < -0.39 is 9.23 Å². The van der Waals surface area contributed by atoms with E-state index in [-0.39, 0.29) is 0 Å². The Morgan fingerprint density at radius 1 is 1.56 bits per heavy atom. The van der Waals surface area contributed by atoms with Gasteiger partial charge in [0.05, 0.1) is 0 Å². The van der Waals surface area contributed by atoms with Gasteiger partial charge in [0.1, 0.15) is 14.3 Å².